The maximum absolute atomic E-state index is 13.8. The first-order valence-corrected chi connectivity index (χ1v) is 10.7. The molecule has 3 aromatic rings. The maximum atomic E-state index is 13.8. The molecule has 5 nitrogen and oxygen atoms in total. The Hall–Kier alpha value is -3.67. The van der Waals surface area contributed by atoms with E-state index in [4.69, 9.17) is 0 Å². The van der Waals surface area contributed by atoms with Gasteiger partial charge in [-0.25, -0.2) is 4.39 Å². The summed E-state index contributed by atoms with van der Waals surface area (Å²) in [6.07, 6.45) is 3.62. The number of aromatic nitrogens is 1. The third kappa shape index (κ3) is 5.94. The fourth-order valence-electron chi connectivity index (χ4n) is 3.46. The second-order valence-electron chi connectivity index (χ2n) is 7.72. The van der Waals surface area contributed by atoms with E-state index in [1.807, 2.05) is 44.3 Å². The third-order valence-corrected chi connectivity index (χ3v) is 5.17. The molecule has 0 saturated carbocycles. The molecule has 0 spiro atoms. The fraction of sp³-hybridized carbons (Fsp3) is 0.231. The molecule has 0 bridgehead atoms. The van der Waals surface area contributed by atoms with Crippen molar-refractivity contribution in [2.24, 2.45) is 0 Å². The Morgan fingerprint density at radius 3 is 2.72 bits per heavy atom. The molecule has 6 heteroatoms. The molecule has 3 rings (SSSR count). The molecule has 0 radical (unpaired) electrons. The molecule has 1 amide bonds. The number of benzene rings is 2. The number of nitrogens with zero attached hydrogens (tertiary/aromatic N) is 1. The lowest BCUT2D eigenvalue weighted by Crippen LogP contribution is -2.30. The van der Waals surface area contributed by atoms with Crippen LogP contribution in [-0.4, -0.2) is 17.4 Å². The molecular weight excluding hydrogens is 403 g/mol. The van der Waals surface area contributed by atoms with E-state index in [9.17, 15) is 9.18 Å². The summed E-state index contributed by atoms with van der Waals surface area (Å²) in [5.41, 5.74) is 4.05. The van der Waals surface area contributed by atoms with Gasteiger partial charge in [-0.2, -0.15) is 0 Å². The average molecular weight is 437 g/mol. The van der Waals surface area contributed by atoms with Crippen LogP contribution in [0.15, 0.2) is 54.7 Å². The predicted octanol–water partition coefficient (Wildman–Crippen LogP) is 4.13. The highest BCUT2D eigenvalue weighted by Gasteiger charge is 2.12. The van der Waals surface area contributed by atoms with Gasteiger partial charge in [0.15, 0.2) is 0 Å². The Morgan fingerprint density at radius 2 is 2.00 bits per heavy atom. The van der Waals surface area contributed by atoms with E-state index in [0.717, 1.165) is 33.9 Å². The Kier molecular flexibility index (Phi) is 7.60. The molecule has 0 aliphatic heterocycles. The van der Waals surface area contributed by atoms with Gasteiger partial charge in [-0.1, -0.05) is 30.8 Å². The molecule has 0 aliphatic rings. The number of anilines is 2. The fourth-order valence-corrected chi connectivity index (χ4v) is 3.46. The number of carbonyl (C=O) groups is 1. The molecule has 0 fully saturated rings. The Bertz CT molecular complexity index is 1220. The van der Waals surface area contributed by atoms with Crippen LogP contribution >= 0.6 is 0 Å². The van der Waals surface area contributed by atoms with Gasteiger partial charge in [-0.3, -0.25) is 9.78 Å². The second kappa shape index (κ2) is 10.6. The van der Waals surface area contributed by atoms with Crippen molar-refractivity contribution < 1.29 is 12.0 Å². The molecule has 1 atom stereocenters. The van der Waals surface area contributed by atoms with Crippen molar-refractivity contribution in [1.29, 1.82) is 0 Å². The lowest BCUT2D eigenvalue weighted by molar-refractivity contribution is -0.115. The highest BCUT2D eigenvalue weighted by Crippen LogP contribution is 2.24. The van der Waals surface area contributed by atoms with E-state index < -0.39 is 0 Å². The zero-order chi connectivity index (χ0) is 23.1. The van der Waals surface area contributed by atoms with Crippen LogP contribution < -0.4 is 26.5 Å². The molecule has 1 heterocycles. The van der Waals surface area contributed by atoms with Gasteiger partial charge in [0.25, 0.3) is 0 Å². The number of halogens is 1. The van der Waals surface area contributed by atoms with Crippen molar-refractivity contribution in [1.82, 2.24) is 10.3 Å². The maximum Gasteiger partial charge on any atom is 0.228 e. The summed E-state index contributed by atoms with van der Waals surface area (Å²) >= 11 is 0. The molecule has 0 aliphatic carbocycles. The van der Waals surface area contributed by atoms with E-state index in [0.29, 0.717) is 11.3 Å². The van der Waals surface area contributed by atoms with Crippen LogP contribution in [0.3, 0.4) is 0 Å². The monoisotopic (exact) mass is 436 g/mol. The molecule has 0 saturated heterocycles. The van der Waals surface area contributed by atoms with Gasteiger partial charge in [-0.05, 0) is 66.9 Å². The molecule has 0 unspecified atom stereocenters. The summed E-state index contributed by atoms with van der Waals surface area (Å²) in [7, 11) is 0. The van der Waals surface area contributed by atoms with Crippen molar-refractivity contribution in [3.8, 4) is 0 Å². The number of rotatable bonds is 8. The number of hydrogen-bond acceptors (Lipinski definition) is 4. The molecule has 32 heavy (non-hydrogen) atoms. The topological polar surface area (TPSA) is 66.0 Å². The third-order valence-electron chi connectivity index (χ3n) is 5.17. The lowest BCUT2D eigenvalue weighted by atomic mass is 10.0. The number of amides is 1. The van der Waals surface area contributed by atoms with Crippen molar-refractivity contribution in [3.05, 3.63) is 87.8 Å². The summed E-state index contributed by atoms with van der Waals surface area (Å²) in [5.74, 6) is -0.638. The van der Waals surface area contributed by atoms with Crippen molar-refractivity contribution >= 4 is 30.1 Å². The Morgan fingerprint density at radius 1 is 1.22 bits per heavy atom. The summed E-state index contributed by atoms with van der Waals surface area (Å²) in [5, 5.41) is 11.1. The first kappa shape index (κ1) is 23.0. The van der Waals surface area contributed by atoms with Gasteiger partial charge in [0, 0.05) is 27.3 Å². The zero-order valence-corrected chi connectivity index (χ0v) is 18.7. The highest BCUT2D eigenvalue weighted by molar-refractivity contribution is 5.92. The zero-order valence-electron chi connectivity index (χ0n) is 18.7. The molecule has 1 aromatic heterocycles. The molecule has 170 valence electrons. The van der Waals surface area contributed by atoms with Crippen LogP contribution in [0.25, 0.3) is 12.8 Å². The van der Waals surface area contributed by atoms with Crippen LogP contribution in [0.1, 0.15) is 39.4 Å². The van der Waals surface area contributed by atoms with Crippen molar-refractivity contribution in [3.63, 3.8) is 0 Å². The number of nitrogens with one attached hydrogen (secondary N) is 3. The van der Waals surface area contributed by atoms with Crippen molar-refractivity contribution in [2.75, 3.05) is 17.2 Å². The first-order chi connectivity index (χ1) is 15.4. The summed E-state index contributed by atoms with van der Waals surface area (Å²) in [6, 6.07) is 14.0. The number of hydrogen-bond donors (Lipinski definition) is 3. The summed E-state index contributed by atoms with van der Waals surface area (Å²) < 4.78 is 13.8. The molecule has 2 aromatic carbocycles. The minimum absolute atomic E-state index is 0. The van der Waals surface area contributed by atoms with E-state index in [1.165, 1.54) is 6.07 Å². The highest BCUT2D eigenvalue weighted by atomic mass is 19.1. The van der Waals surface area contributed by atoms with E-state index in [2.05, 4.69) is 34.4 Å². The first-order valence-electron chi connectivity index (χ1n) is 10.7. The minimum Gasteiger partial charge on any atom is -0.389 e. The van der Waals surface area contributed by atoms with Gasteiger partial charge >= 0.3 is 0 Å². The van der Waals surface area contributed by atoms with Crippen LogP contribution in [0.4, 0.5) is 15.8 Å². The van der Waals surface area contributed by atoms with Gasteiger partial charge in [-0.15, -0.1) is 0 Å². The average Bonchev–Trinajstić information content (AvgIpc) is 2.76. The van der Waals surface area contributed by atoms with Gasteiger partial charge in [0.05, 0.1) is 23.7 Å². The van der Waals surface area contributed by atoms with Gasteiger partial charge in [0.1, 0.15) is 5.82 Å². The second-order valence-corrected chi connectivity index (χ2v) is 7.72. The lowest BCUT2D eigenvalue weighted by Gasteiger charge is -2.19. The number of pyridine rings is 1. The summed E-state index contributed by atoms with van der Waals surface area (Å²) in [4.78, 5) is 16.9. The van der Waals surface area contributed by atoms with E-state index in [1.54, 1.807) is 24.4 Å². The van der Waals surface area contributed by atoms with Crippen molar-refractivity contribution in [2.45, 2.75) is 33.2 Å². The number of carbonyl (C=O) groups excluding carboxylic acids is 1. The van der Waals surface area contributed by atoms with E-state index >= 15 is 0 Å². The predicted molar refractivity (Wildman–Crippen MR) is 133 cm³/mol. The van der Waals surface area contributed by atoms with E-state index in [-0.39, 0.29) is 27.0 Å². The standard InChI is InChI=1S/C26H29FN4O.2H2/c1-5-28-16-25-18(3)12-22(15-29-25)30-19(4)23-14-21(11-10-17(23)2)31-26(32)13-20-8-6-7-9-24(20)27;;/h6-12,14-16,19,28,30H,3,5,13H2,1-2,4H3,(H,31,32);2*1H/b25-16+;;/t19-;;/m0../s1. The quantitative estimate of drug-likeness (QED) is 0.497. The SMILES string of the molecule is C=c1cc(N[C@@H](C)c2cc(NC(=O)Cc3ccccc3F)ccc2C)cn/c1=C/NCC.[HH].[HH]. The van der Waals surface area contributed by atoms with Crippen LogP contribution in [0.2, 0.25) is 0 Å². The molecule has 3 N–H and O–H groups in total. The van der Waals surface area contributed by atoms with Gasteiger partial charge in [0.2, 0.25) is 5.91 Å². The summed E-state index contributed by atoms with van der Waals surface area (Å²) in [6.45, 7) is 11.0. The minimum atomic E-state index is -0.377. The molecular formula is C26H33FN4O. The normalized spacial score (nSPS) is 12.3. The Labute approximate surface area is 191 Å². The largest absolute Gasteiger partial charge is 0.389 e. The van der Waals surface area contributed by atoms with Crippen LogP contribution in [0.5, 0.6) is 0 Å². The van der Waals surface area contributed by atoms with Crippen LogP contribution in [0, 0.1) is 12.7 Å². The number of aryl methyl sites for hydroxylation is 1. The van der Waals surface area contributed by atoms with Gasteiger partial charge < -0.3 is 16.0 Å². The van der Waals surface area contributed by atoms with Crippen LogP contribution in [-0.2, 0) is 11.2 Å². The smallest absolute Gasteiger partial charge is 0.228 e. The Balaban J connectivity index is 0.00000289.